The molecule has 1 aromatic carbocycles. The predicted molar refractivity (Wildman–Crippen MR) is 100 cm³/mol. The quantitative estimate of drug-likeness (QED) is 0.331. The number of carboxylic acid groups (broad SMARTS) is 1. The highest BCUT2D eigenvalue weighted by molar-refractivity contribution is 5.89. The molecule has 0 aliphatic carbocycles. The Morgan fingerprint density at radius 2 is 1.52 bits per heavy atom. The third kappa shape index (κ3) is 12.0. The van der Waals surface area contributed by atoms with Gasteiger partial charge in [-0.3, -0.25) is 0 Å². The zero-order valence-electron chi connectivity index (χ0n) is 15.8. The second-order valence-electron chi connectivity index (χ2n) is 5.66. The molecule has 0 saturated heterocycles. The van der Waals surface area contributed by atoms with Crippen molar-refractivity contribution in [1.29, 1.82) is 0 Å². The van der Waals surface area contributed by atoms with Gasteiger partial charge in [-0.25, -0.2) is 9.59 Å². The topological polar surface area (TPSA) is 103 Å². The molecule has 1 aromatic rings. The van der Waals surface area contributed by atoms with Crippen LogP contribution in [0.3, 0.4) is 0 Å². The molecule has 0 saturated carbocycles. The second-order valence-corrected chi connectivity index (χ2v) is 5.66. The minimum absolute atomic E-state index is 0.164. The molecule has 27 heavy (non-hydrogen) atoms. The van der Waals surface area contributed by atoms with E-state index in [2.05, 4.69) is 12.2 Å². The molecule has 0 fully saturated rings. The van der Waals surface area contributed by atoms with E-state index >= 15 is 0 Å². The summed E-state index contributed by atoms with van der Waals surface area (Å²) in [5, 5.41) is 11.7. The highest BCUT2D eigenvalue weighted by atomic mass is 16.6. The van der Waals surface area contributed by atoms with Gasteiger partial charge in [0.05, 0.1) is 38.6 Å². The zero-order valence-corrected chi connectivity index (χ0v) is 15.8. The molecule has 0 radical (unpaired) electrons. The summed E-state index contributed by atoms with van der Waals surface area (Å²) in [7, 11) is 0. The van der Waals surface area contributed by atoms with Gasteiger partial charge in [-0.2, -0.15) is 0 Å². The number of carbonyl (C=O) groups excluding carboxylic acids is 1. The van der Waals surface area contributed by atoms with Gasteiger partial charge in [-0.15, -0.1) is 0 Å². The van der Waals surface area contributed by atoms with Crippen molar-refractivity contribution >= 4 is 17.6 Å². The van der Waals surface area contributed by atoms with Crippen molar-refractivity contribution in [1.82, 2.24) is 0 Å². The molecule has 0 heterocycles. The third-order valence-electron chi connectivity index (χ3n) is 3.41. The van der Waals surface area contributed by atoms with Crippen LogP contribution < -0.4 is 5.32 Å². The molecule has 0 unspecified atom stereocenters. The van der Waals surface area contributed by atoms with Crippen LogP contribution in [0.25, 0.3) is 0 Å². The Morgan fingerprint density at radius 3 is 2.11 bits per heavy atom. The van der Waals surface area contributed by atoms with Crippen molar-refractivity contribution in [3.05, 3.63) is 29.8 Å². The van der Waals surface area contributed by atoms with E-state index in [9.17, 15) is 9.59 Å². The average molecular weight is 383 g/mol. The highest BCUT2D eigenvalue weighted by Crippen LogP contribution is 2.10. The highest BCUT2D eigenvalue weighted by Gasteiger charge is 2.06. The molecule has 1 rings (SSSR count). The first kappa shape index (κ1) is 22.9. The number of nitrogens with one attached hydrogen (secondary N) is 1. The number of esters is 1. The number of hydrogen-bond donors (Lipinski definition) is 2. The van der Waals surface area contributed by atoms with Gasteiger partial charge in [-0.1, -0.05) is 13.3 Å². The summed E-state index contributed by atoms with van der Waals surface area (Å²) in [4.78, 5) is 22.1. The SMILES string of the molecule is CCCCNc1ccc(C(=O)OCCOCCOCCOCC(=O)O)cc1. The predicted octanol–water partition coefficient (Wildman–Crippen LogP) is 2.19. The first-order chi connectivity index (χ1) is 13.1. The first-order valence-corrected chi connectivity index (χ1v) is 9.09. The van der Waals surface area contributed by atoms with Gasteiger partial charge in [0.2, 0.25) is 0 Å². The number of benzene rings is 1. The van der Waals surface area contributed by atoms with Gasteiger partial charge in [0.25, 0.3) is 0 Å². The smallest absolute Gasteiger partial charge is 0.338 e. The maximum absolute atomic E-state index is 11.9. The molecule has 0 bridgehead atoms. The fraction of sp³-hybridized carbons (Fsp3) is 0.579. The Hall–Kier alpha value is -2.16. The van der Waals surface area contributed by atoms with Crippen LogP contribution in [0.15, 0.2) is 24.3 Å². The van der Waals surface area contributed by atoms with Crippen LogP contribution in [0.4, 0.5) is 5.69 Å². The van der Waals surface area contributed by atoms with Gasteiger partial charge in [-0.05, 0) is 30.7 Å². The van der Waals surface area contributed by atoms with Crippen LogP contribution in [0, 0.1) is 0 Å². The fourth-order valence-electron chi connectivity index (χ4n) is 2.01. The number of carbonyl (C=O) groups is 2. The maximum atomic E-state index is 11.9. The van der Waals surface area contributed by atoms with Crippen LogP contribution in [0.5, 0.6) is 0 Å². The van der Waals surface area contributed by atoms with E-state index in [1.165, 1.54) is 0 Å². The van der Waals surface area contributed by atoms with Crippen LogP contribution in [0.2, 0.25) is 0 Å². The van der Waals surface area contributed by atoms with E-state index in [4.69, 9.17) is 24.1 Å². The maximum Gasteiger partial charge on any atom is 0.338 e. The molecule has 8 heteroatoms. The number of anilines is 1. The molecule has 2 N–H and O–H groups in total. The summed E-state index contributed by atoms with van der Waals surface area (Å²) in [6.07, 6.45) is 2.24. The second kappa shape index (κ2) is 15.0. The summed E-state index contributed by atoms with van der Waals surface area (Å²) in [5.41, 5.74) is 1.48. The van der Waals surface area contributed by atoms with Crippen LogP contribution in [0.1, 0.15) is 30.1 Å². The Bertz CT molecular complexity index is 533. The summed E-state index contributed by atoms with van der Waals surface area (Å²) in [6, 6.07) is 7.19. The summed E-state index contributed by atoms with van der Waals surface area (Å²) in [5.74, 6) is -1.39. The van der Waals surface area contributed by atoms with Crippen molar-refractivity contribution in [2.75, 3.05) is 58.1 Å². The minimum atomic E-state index is -1.01. The molecular formula is C19H29NO7. The van der Waals surface area contributed by atoms with E-state index in [-0.39, 0.29) is 32.4 Å². The average Bonchev–Trinajstić information content (AvgIpc) is 2.66. The molecule has 0 aliphatic rings. The van der Waals surface area contributed by atoms with Gasteiger partial charge >= 0.3 is 11.9 Å². The minimum Gasteiger partial charge on any atom is -0.480 e. The van der Waals surface area contributed by atoms with Crippen molar-refractivity contribution in [2.24, 2.45) is 0 Å². The number of carboxylic acids is 1. The van der Waals surface area contributed by atoms with E-state index in [0.717, 1.165) is 25.1 Å². The third-order valence-corrected chi connectivity index (χ3v) is 3.41. The van der Waals surface area contributed by atoms with Crippen molar-refractivity contribution in [3.63, 3.8) is 0 Å². The molecule has 0 atom stereocenters. The van der Waals surface area contributed by atoms with Crippen LogP contribution in [-0.2, 0) is 23.7 Å². The van der Waals surface area contributed by atoms with E-state index in [1.807, 2.05) is 12.1 Å². The number of unbranched alkanes of at least 4 members (excludes halogenated alkanes) is 1. The normalized spacial score (nSPS) is 10.6. The van der Waals surface area contributed by atoms with E-state index in [1.54, 1.807) is 12.1 Å². The summed E-state index contributed by atoms with van der Waals surface area (Å²) >= 11 is 0. The monoisotopic (exact) mass is 383 g/mol. The number of rotatable bonds is 16. The molecule has 0 aliphatic heterocycles. The van der Waals surface area contributed by atoms with Gasteiger partial charge < -0.3 is 29.4 Å². The Kier molecular flexibility index (Phi) is 12.7. The number of hydrogen-bond acceptors (Lipinski definition) is 7. The lowest BCUT2D eigenvalue weighted by molar-refractivity contribution is -0.142. The lowest BCUT2D eigenvalue weighted by atomic mass is 10.2. The molecule has 8 nitrogen and oxygen atoms in total. The van der Waals surface area contributed by atoms with Gasteiger partial charge in [0.15, 0.2) is 0 Å². The molecule has 152 valence electrons. The van der Waals surface area contributed by atoms with Crippen molar-refractivity contribution in [2.45, 2.75) is 19.8 Å². The van der Waals surface area contributed by atoms with Crippen LogP contribution in [-0.4, -0.2) is 69.8 Å². The van der Waals surface area contributed by atoms with E-state index < -0.39 is 5.97 Å². The van der Waals surface area contributed by atoms with Crippen molar-refractivity contribution in [3.8, 4) is 0 Å². The summed E-state index contributed by atoms with van der Waals surface area (Å²) in [6.45, 7) is 4.40. The van der Waals surface area contributed by atoms with Gasteiger partial charge in [0.1, 0.15) is 13.2 Å². The number of aliphatic carboxylic acids is 1. The summed E-state index contributed by atoms with van der Waals surface area (Å²) < 4.78 is 20.5. The Balaban J connectivity index is 2.01. The fourth-order valence-corrected chi connectivity index (χ4v) is 2.01. The standard InChI is InChI=1S/C19H29NO7/c1-2-3-8-20-17-6-4-16(5-7-17)19(23)27-14-13-25-10-9-24-11-12-26-15-18(21)22/h4-7,20H,2-3,8-15H2,1H3,(H,21,22). The van der Waals surface area contributed by atoms with Gasteiger partial charge in [0, 0.05) is 12.2 Å². The number of ether oxygens (including phenoxy) is 4. The Morgan fingerprint density at radius 1 is 0.926 bits per heavy atom. The van der Waals surface area contributed by atoms with Crippen molar-refractivity contribution < 1.29 is 33.6 Å². The molecule has 0 amide bonds. The lowest BCUT2D eigenvalue weighted by Gasteiger charge is -2.08. The van der Waals surface area contributed by atoms with Crippen LogP contribution >= 0.6 is 0 Å². The molecule has 0 aromatic heterocycles. The Labute approximate surface area is 159 Å². The van der Waals surface area contributed by atoms with E-state index in [0.29, 0.717) is 25.4 Å². The zero-order chi connectivity index (χ0) is 19.7. The molecular weight excluding hydrogens is 354 g/mol. The largest absolute Gasteiger partial charge is 0.480 e. The first-order valence-electron chi connectivity index (χ1n) is 9.09. The molecule has 0 spiro atoms. The lowest BCUT2D eigenvalue weighted by Crippen LogP contribution is -2.15.